The average molecular weight is 308 g/mol. The number of aryl methyl sites for hydroxylation is 1. The first-order chi connectivity index (χ1) is 11.1. The van der Waals surface area contributed by atoms with Crippen LogP contribution in [0.3, 0.4) is 0 Å². The van der Waals surface area contributed by atoms with Crippen LogP contribution < -0.4 is 4.74 Å². The first-order valence-electron chi connectivity index (χ1n) is 7.21. The van der Waals surface area contributed by atoms with E-state index in [-0.39, 0.29) is 0 Å². The maximum Gasteiger partial charge on any atom is 0.341 e. The number of para-hydroxylation sites is 1. The van der Waals surface area contributed by atoms with Crippen molar-refractivity contribution in [2.24, 2.45) is 0 Å². The molecule has 0 saturated heterocycles. The molecule has 1 N–H and O–H groups in total. The Morgan fingerprint density at radius 2 is 1.78 bits per heavy atom. The molecular weight excluding hydrogens is 292 g/mol. The third kappa shape index (κ3) is 3.23. The van der Waals surface area contributed by atoms with Crippen molar-refractivity contribution >= 4 is 5.97 Å². The summed E-state index contributed by atoms with van der Waals surface area (Å²) in [5.74, 6) is -0.722. The third-order valence-corrected chi connectivity index (χ3v) is 3.47. The molecule has 2 aromatic carbocycles. The molecule has 0 bridgehead atoms. The van der Waals surface area contributed by atoms with E-state index in [4.69, 9.17) is 9.84 Å². The lowest BCUT2D eigenvalue weighted by molar-refractivity contribution is -0.139. The highest BCUT2D eigenvalue weighted by Gasteiger charge is 2.16. The van der Waals surface area contributed by atoms with Crippen LogP contribution in [0.4, 0.5) is 0 Å². The van der Waals surface area contributed by atoms with E-state index in [0.717, 1.165) is 22.4 Å². The standard InChI is InChI=1S/C18H16N2O3/c1-13-7-5-6-10-15(13)16-11-20(14-8-3-2-4-9-14)19-18(16)23-12-17(21)22/h2-11H,12H2,1H3,(H,21,22). The number of ether oxygens (including phenoxy) is 1. The van der Waals surface area contributed by atoms with Crippen LogP contribution in [0, 0.1) is 6.92 Å². The summed E-state index contributed by atoms with van der Waals surface area (Å²) >= 11 is 0. The van der Waals surface area contributed by atoms with Gasteiger partial charge >= 0.3 is 5.97 Å². The zero-order chi connectivity index (χ0) is 16.2. The van der Waals surface area contributed by atoms with Gasteiger partial charge in [0, 0.05) is 6.20 Å². The van der Waals surface area contributed by atoms with Crippen LogP contribution in [-0.2, 0) is 4.79 Å². The van der Waals surface area contributed by atoms with Crippen molar-refractivity contribution in [3.63, 3.8) is 0 Å². The van der Waals surface area contributed by atoms with Crippen molar-refractivity contribution < 1.29 is 14.6 Å². The summed E-state index contributed by atoms with van der Waals surface area (Å²) in [7, 11) is 0. The Bertz CT molecular complexity index is 825. The number of carboxylic acids is 1. The van der Waals surface area contributed by atoms with Crippen LogP contribution in [0.15, 0.2) is 60.8 Å². The molecule has 0 radical (unpaired) electrons. The lowest BCUT2D eigenvalue weighted by Gasteiger charge is -2.05. The van der Waals surface area contributed by atoms with Gasteiger partial charge in [0.25, 0.3) is 0 Å². The SMILES string of the molecule is Cc1ccccc1-c1cn(-c2ccccc2)nc1OCC(=O)O. The predicted octanol–water partition coefficient (Wildman–Crippen LogP) is 3.31. The smallest absolute Gasteiger partial charge is 0.341 e. The molecule has 116 valence electrons. The van der Waals surface area contributed by atoms with Gasteiger partial charge in [-0.2, -0.15) is 0 Å². The van der Waals surface area contributed by atoms with Gasteiger partial charge in [0.05, 0.1) is 11.3 Å². The highest BCUT2D eigenvalue weighted by atomic mass is 16.5. The molecule has 23 heavy (non-hydrogen) atoms. The predicted molar refractivity (Wildman–Crippen MR) is 86.9 cm³/mol. The first-order valence-corrected chi connectivity index (χ1v) is 7.21. The van der Waals surface area contributed by atoms with Crippen molar-refractivity contribution in [1.29, 1.82) is 0 Å². The van der Waals surface area contributed by atoms with E-state index in [9.17, 15) is 4.79 Å². The molecule has 0 spiro atoms. The second-order valence-electron chi connectivity index (χ2n) is 5.13. The Kier molecular flexibility index (Phi) is 4.10. The summed E-state index contributed by atoms with van der Waals surface area (Å²) < 4.78 is 7.07. The molecule has 5 heteroatoms. The molecule has 1 aromatic heterocycles. The number of aromatic nitrogens is 2. The van der Waals surface area contributed by atoms with E-state index in [1.165, 1.54) is 0 Å². The summed E-state index contributed by atoms with van der Waals surface area (Å²) in [6.07, 6.45) is 1.86. The van der Waals surface area contributed by atoms with Crippen molar-refractivity contribution in [2.75, 3.05) is 6.61 Å². The third-order valence-electron chi connectivity index (χ3n) is 3.47. The fraction of sp³-hybridized carbons (Fsp3) is 0.111. The van der Waals surface area contributed by atoms with Gasteiger partial charge in [-0.05, 0) is 30.2 Å². The van der Waals surface area contributed by atoms with Crippen LogP contribution >= 0.6 is 0 Å². The lowest BCUT2D eigenvalue weighted by Crippen LogP contribution is -2.10. The van der Waals surface area contributed by atoms with Crippen LogP contribution in [0.2, 0.25) is 0 Å². The fourth-order valence-corrected chi connectivity index (χ4v) is 2.37. The summed E-state index contributed by atoms with van der Waals surface area (Å²) in [4.78, 5) is 10.8. The minimum Gasteiger partial charge on any atom is -0.479 e. The summed E-state index contributed by atoms with van der Waals surface area (Å²) in [5.41, 5.74) is 3.69. The van der Waals surface area contributed by atoms with E-state index in [1.807, 2.05) is 67.7 Å². The minimum atomic E-state index is -1.03. The molecule has 3 aromatic rings. The molecular formula is C18H16N2O3. The van der Waals surface area contributed by atoms with Crippen molar-refractivity contribution in [1.82, 2.24) is 9.78 Å². The number of aliphatic carboxylic acids is 1. The summed E-state index contributed by atoms with van der Waals surface area (Å²) in [5, 5.41) is 13.3. The lowest BCUT2D eigenvalue weighted by atomic mass is 10.0. The molecule has 0 amide bonds. The van der Waals surface area contributed by atoms with Gasteiger partial charge in [-0.15, -0.1) is 5.10 Å². The number of benzene rings is 2. The van der Waals surface area contributed by atoms with Crippen LogP contribution in [-0.4, -0.2) is 27.5 Å². The second kappa shape index (κ2) is 6.36. The van der Waals surface area contributed by atoms with Crippen LogP contribution in [0.5, 0.6) is 5.88 Å². The Morgan fingerprint density at radius 1 is 1.09 bits per heavy atom. The van der Waals surface area contributed by atoms with Crippen molar-refractivity contribution in [3.8, 4) is 22.7 Å². The van der Waals surface area contributed by atoms with Crippen molar-refractivity contribution in [2.45, 2.75) is 6.92 Å². The molecule has 0 aliphatic heterocycles. The topological polar surface area (TPSA) is 64.4 Å². The Labute approximate surface area is 133 Å². The van der Waals surface area contributed by atoms with Gasteiger partial charge in [0.15, 0.2) is 6.61 Å². The van der Waals surface area contributed by atoms with Crippen molar-refractivity contribution in [3.05, 3.63) is 66.4 Å². The van der Waals surface area contributed by atoms with E-state index in [2.05, 4.69) is 5.10 Å². The molecule has 0 saturated carbocycles. The number of hydrogen-bond donors (Lipinski definition) is 1. The first kappa shape index (κ1) is 14.8. The summed E-state index contributed by atoms with van der Waals surface area (Å²) in [6.45, 7) is 1.57. The van der Waals surface area contributed by atoms with Gasteiger partial charge in [-0.25, -0.2) is 9.48 Å². The highest BCUT2D eigenvalue weighted by Crippen LogP contribution is 2.32. The highest BCUT2D eigenvalue weighted by molar-refractivity contribution is 5.73. The Morgan fingerprint density at radius 3 is 2.48 bits per heavy atom. The van der Waals surface area contributed by atoms with Crippen LogP contribution in [0.1, 0.15) is 5.56 Å². The van der Waals surface area contributed by atoms with Gasteiger partial charge < -0.3 is 9.84 Å². The van der Waals surface area contributed by atoms with E-state index < -0.39 is 12.6 Å². The largest absolute Gasteiger partial charge is 0.479 e. The normalized spacial score (nSPS) is 10.5. The van der Waals surface area contributed by atoms with Gasteiger partial charge in [0.1, 0.15) is 0 Å². The number of hydrogen-bond acceptors (Lipinski definition) is 3. The zero-order valence-electron chi connectivity index (χ0n) is 12.6. The fourth-order valence-electron chi connectivity index (χ4n) is 2.37. The molecule has 0 atom stereocenters. The van der Waals surface area contributed by atoms with Gasteiger partial charge in [-0.3, -0.25) is 0 Å². The molecule has 0 fully saturated rings. The van der Waals surface area contributed by atoms with E-state index in [0.29, 0.717) is 5.88 Å². The zero-order valence-corrected chi connectivity index (χ0v) is 12.6. The molecule has 0 unspecified atom stereocenters. The second-order valence-corrected chi connectivity index (χ2v) is 5.13. The molecule has 5 nitrogen and oxygen atoms in total. The number of carbonyl (C=O) groups is 1. The number of nitrogens with zero attached hydrogens (tertiary/aromatic N) is 2. The molecule has 0 aliphatic carbocycles. The molecule has 0 aliphatic rings. The maximum absolute atomic E-state index is 10.8. The number of carboxylic acid groups (broad SMARTS) is 1. The monoisotopic (exact) mass is 308 g/mol. The molecule has 3 rings (SSSR count). The van der Waals surface area contributed by atoms with E-state index in [1.54, 1.807) is 4.68 Å². The molecule has 1 heterocycles. The van der Waals surface area contributed by atoms with E-state index >= 15 is 0 Å². The van der Waals surface area contributed by atoms with Crippen LogP contribution in [0.25, 0.3) is 16.8 Å². The number of rotatable bonds is 5. The Hall–Kier alpha value is -3.08. The average Bonchev–Trinajstić information content (AvgIpc) is 2.98. The quantitative estimate of drug-likeness (QED) is 0.785. The minimum absolute atomic E-state index is 0.311. The Balaban J connectivity index is 2.07. The summed E-state index contributed by atoms with van der Waals surface area (Å²) in [6, 6.07) is 17.5. The van der Waals surface area contributed by atoms with Gasteiger partial charge in [-0.1, -0.05) is 42.5 Å². The maximum atomic E-state index is 10.8. The van der Waals surface area contributed by atoms with Gasteiger partial charge in [0.2, 0.25) is 5.88 Å².